The van der Waals surface area contributed by atoms with Crippen molar-refractivity contribution in [3.63, 3.8) is 0 Å². The monoisotopic (exact) mass is 384 g/mol. The molecule has 1 fully saturated rings. The van der Waals surface area contributed by atoms with E-state index in [1.807, 2.05) is 36.4 Å². The number of hydrogen-bond donors (Lipinski definition) is 2. The van der Waals surface area contributed by atoms with Crippen LogP contribution in [0.2, 0.25) is 0 Å². The first kappa shape index (κ1) is 19.8. The average Bonchev–Trinajstić information content (AvgIpc) is 3.13. The zero-order valence-electron chi connectivity index (χ0n) is 15.8. The molecule has 0 saturated carbocycles. The normalized spacial score (nSPS) is 19.0. The number of nitrogens with one attached hydrogen (secondary N) is 1. The standard InChI is InChI=1S/C21H24N2O5/c1-28-14-21(20(26)27)9-11-23(13-21)18(24)8-10-22-19(25)17-7-6-15-4-2-3-5-16(15)12-17/h2-7,12H,8-11,13-14H2,1H3,(H,22,25)(H,26,27). The van der Waals surface area contributed by atoms with Gasteiger partial charge in [0.1, 0.15) is 5.41 Å². The Hall–Kier alpha value is -2.93. The van der Waals surface area contributed by atoms with Gasteiger partial charge in [0, 0.05) is 38.7 Å². The summed E-state index contributed by atoms with van der Waals surface area (Å²) in [4.78, 5) is 37.8. The van der Waals surface area contributed by atoms with E-state index in [9.17, 15) is 19.5 Å². The molecule has 1 unspecified atom stereocenters. The smallest absolute Gasteiger partial charge is 0.313 e. The molecule has 0 aromatic heterocycles. The van der Waals surface area contributed by atoms with Gasteiger partial charge in [-0.05, 0) is 29.3 Å². The van der Waals surface area contributed by atoms with E-state index >= 15 is 0 Å². The van der Waals surface area contributed by atoms with Crippen molar-refractivity contribution in [3.05, 3.63) is 48.0 Å². The number of fused-ring (bicyclic) bond motifs is 1. The van der Waals surface area contributed by atoms with Crippen LogP contribution in [0.25, 0.3) is 10.8 Å². The average molecular weight is 384 g/mol. The molecule has 0 bridgehead atoms. The van der Waals surface area contributed by atoms with Crippen molar-refractivity contribution >= 4 is 28.6 Å². The summed E-state index contributed by atoms with van der Waals surface area (Å²) in [6, 6.07) is 13.2. The predicted molar refractivity (Wildman–Crippen MR) is 104 cm³/mol. The maximum Gasteiger partial charge on any atom is 0.313 e. The summed E-state index contributed by atoms with van der Waals surface area (Å²) in [5.74, 6) is -1.36. The zero-order chi connectivity index (χ0) is 20.1. The molecule has 2 aromatic carbocycles. The largest absolute Gasteiger partial charge is 0.481 e. The summed E-state index contributed by atoms with van der Waals surface area (Å²) in [6.45, 7) is 0.789. The van der Waals surface area contributed by atoms with Crippen molar-refractivity contribution < 1.29 is 24.2 Å². The van der Waals surface area contributed by atoms with Gasteiger partial charge in [-0.1, -0.05) is 30.3 Å². The van der Waals surface area contributed by atoms with E-state index < -0.39 is 11.4 Å². The van der Waals surface area contributed by atoms with Gasteiger partial charge in [0.2, 0.25) is 5.91 Å². The molecule has 2 amide bonds. The fourth-order valence-corrected chi connectivity index (χ4v) is 3.59. The molecular weight excluding hydrogens is 360 g/mol. The van der Waals surface area contributed by atoms with Crippen LogP contribution in [0.15, 0.2) is 42.5 Å². The van der Waals surface area contributed by atoms with Gasteiger partial charge in [-0.15, -0.1) is 0 Å². The molecule has 3 rings (SSSR count). The molecule has 148 valence electrons. The Bertz CT molecular complexity index is 897. The Labute approximate surface area is 163 Å². The third-order valence-corrected chi connectivity index (χ3v) is 5.22. The first-order chi connectivity index (χ1) is 13.4. The lowest BCUT2D eigenvalue weighted by atomic mass is 9.88. The second-order valence-corrected chi connectivity index (χ2v) is 7.15. The number of ether oxygens (including phenoxy) is 1. The molecule has 0 spiro atoms. The number of benzene rings is 2. The minimum Gasteiger partial charge on any atom is -0.481 e. The highest BCUT2D eigenvalue weighted by Crippen LogP contribution is 2.31. The fraction of sp³-hybridized carbons (Fsp3) is 0.381. The third-order valence-electron chi connectivity index (χ3n) is 5.22. The molecule has 1 atom stereocenters. The highest BCUT2D eigenvalue weighted by Gasteiger charge is 2.46. The van der Waals surface area contributed by atoms with Gasteiger partial charge >= 0.3 is 5.97 Å². The van der Waals surface area contributed by atoms with Crippen molar-refractivity contribution in [3.8, 4) is 0 Å². The van der Waals surface area contributed by atoms with Crippen LogP contribution in [-0.4, -0.2) is 61.1 Å². The molecule has 1 aliphatic heterocycles. The number of nitrogens with zero attached hydrogens (tertiary/aromatic N) is 1. The Morgan fingerprint density at radius 1 is 1.18 bits per heavy atom. The Morgan fingerprint density at radius 3 is 2.64 bits per heavy atom. The second kappa shape index (κ2) is 8.39. The topological polar surface area (TPSA) is 95.9 Å². The van der Waals surface area contributed by atoms with E-state index in [1.165, 1.54) is 12.0 Å². The third kappa shape index (κ3) is 4.14. The Kier molecular flexibility index (Phi) is 5.94. The highest BCUT2D eigenvalue weighted by molar-refractivity contribution is 5.98. The minimum atomic E-state index is -1.04. The summed E-state index contributed by atoms with van der Waals surface area (Å²) >= 11 is 0. The fourth-order valence-electron chi connectivity index (χ4n) is 3.59. The summed E-state index contributed by atoms with van der Waals surface area (Å²) in [6.07, 6.45) is 0.493. The van der Waals surface area contributed by atoms with Crippen LogP contribution in [0.1, 0.15) is 23.2 Å². The summed E-state index contributed by atoms with van der Waals surface area (Å²) in [7, 11) is 1.46. The minimum absolute atomic E-state index is 0.0742. The number of carboxylic acid groups (broad SMARTS) is 1. The van der Waals surface area contributed by atoms with E-state index in [-0.39, 0.29) is 37.9 Å². The van der Waals surface area contributed by atoms with Crippen LogP contribution in [0.4, 0.5) is 0 Å². The molecule has 1 saturated heterocycles. The van der Waals surface area contributed by atoms with E-state index in [0.717, 1.165) is 10.8 Å². The lowest BCUT2D eigenvalue weighted by Gasteiger charge is -2.23. The summed E-state index contributed by atoms with van der Waals surface area (Å²) in [5.41, 5.74) is -0.504. The molecule has 0 radical (unpaired) electrons. The molecule has 7 heteroatoms. The Morgan fingerprint density at radius 2 is 1.93 bits per heavy atom. The van der Waals surface area contributed by atoms with Crippen molar-refractivity contribution in [2.75, 3.05) is 33.4 Å². The van der Waals surface area contributed by atoms with Crippen molar-refractivity contribution in [2.24, 2.45) is 5.41 Å². The van der Waals surface area contributed by atoms with Crippen molar-refractivity contribution in [1.29, 1.82) is 0 Å². The number of aliphatic carboxylic acids is 1. The van der Waals surface area contributed by atoms with Crippen molar-refractivity contribution in [1.82, 2.24) is 10.2 Å². The molecule has 2 aromatic rings. The molecule has 1 aliphatic rings. The second-order valence-electron chi connectivity index (χ2n) is 7.15. The van der Waals surface area contributed by atoms with Gasteiger partial charge in [-0.3, -0.25) is 14.4 Å². The molecule has 28 heavy (non-hydrogen) atoms. The number of carboxylic acids is 1. The van der Waals surface area contributed by atoms with Crippen LogP contribution in [0.5, 0.6) is 0 Å². The number of methoxy groups -OCH3 is 1. The number of carbonyl (C=O) groups excluding carboxylic acids is 2. The summed E-state index contributed by atoms with van der Waals surface area (Å²) < 4.78 is 5.03. The lowest BCUT2D eigenvalue weighted by molar-refractivity contribution is -0.151. The van der Waals surface area contributed by atoms with Crippen LogP contribution >= 0.6 is 0 Å². The first-order valence-corrected chi connectivity index (χ1v) is 9.22. The number of hydrogen-bond acceptors (Lipinski definition) is 4. The van der Waals surface area contributed by atoms with Gasteiger partial charge in [0.25, 0.3) is 5.91 Å². The molecule has 7 nitrogen and oxygen atoms in total. The van der Waals surface area contributed by atoms with Crippen molar-refractivity contribution in [2.45, 2.75) is 12.8 Å². The number of likely N-dealkylation sites (tertiary alicyclic amines) is 1. The van der Waals surface area contributed by atoms with E-state index in [1.54, 1.807) is 6.07 Å². The van der Waals surface area contributed by atoms with Gasteiger partial charge in [-0.2, -0.15) is 0 Å². The van der Waals surface area contributed by atoms with E-state index in [4.69, 9.17) is 4.74 Å². The first-order valence-electron chi connectivity index (χ1n) is 9.22. The van der Waals surface area contributed by atoms with Gasteiger partial charge in [0.05, 0.1) is 6.61 Å². The van der Waals surface area contributed by atoms with E-state index in [0.29, 0.717) is 18.5 Å². The Balaban J connectivity index is 1.52. The summed E-state index contributed by atoms with van der Waals surface area (Å²) in [5, 5.41) is 14.3. The number of rotatable bonds is 7. The lowest BCUT2D eigenvalue weighted by Crippen LogP contribution is -2.40. The number of carbonyl (C=O) groups is 3. The van der Waals surface area contributed by atoms with Crippen LogP contribution in [0, 0.1) is 5.41 Å². The number of amides is 2. The molecule has 2 N–H and O–H groups in total. The van der Waals surface area contributed by atoms with Crippen LogP contribution in [-0.2, 0) is 14.3 Å². The molecule has 1 heterocycles. The molecular formula is C21H24N2O5. The highest BCUT2D eigenvalue weighted by atomic mass is 16.5. The van der Waals surface area contributed by atoms with Gasteiger partial charge in [0.15, 0.2) is 0 Å². The molecule has 0 aliphatic carbocycles. The quantitative estimate of drug-likeness (QED) is 0.760. The van der Waals surface area contributed by atoms with Gasteiger partial charge in [-0.25, -0.2) is 0 Å². The maximum atomic E-state index is 12.4. The SMILES string of the molecule is COCC1(C(=O)O)CCN(C(=O)CCNC(=O)c2ccc3ccccc3c2)C1. The van der Waals surface area contributed by atoms with E-state index in [2.05, 4.69) is 5.32 Å². The zero-order valence-corrected chi connectivity index (χ0v) is 15.8. The maximum absolute atomic E-state index is 12.4. The predicted octanol–water partition coefficient (Wildman–Crippen LogP) is 1.91. The van der Waals surface area contributed by atoms with Crippen LogP contribution in [0.3, 0.4) is 0 Å². The van der Waals surface area contributed by atoms with Gasteiger partial charge < -0.3 is 20.1 Å². The van der Waals surface area contributed by atoms with Crippen LogP contribution < -0.4 is 5.32 Å².